The molecule has 1 saturated heterocycles. The summed E-state index contributed by atoms with van der Waals surface area (Å²) in [6.07, 6.45) is -2.78. The maximum Gasteiger partial charge on any atom is 0.419 e. The molecular formula is C13H17ClF4N2. The summed E-state index contributed by atoms with van der Waals surface area (Å²) in [5.41, 5.74) is 5.08. The first kappa shape index (κ1) is 17.2. The van der Waals surface area contributed by atoms with Crippen molar-refractivity contribution in [2.75, 3.05) is 13.1 Å². The molecule has 0 radical (unpaired) electrons. The lowest BCUT2D eigenvalue weighted by Gasteiger charge is -2.30. The molecular weight excluding hydrogens is 296 g/mol. The third kappa shape index (κ3) is 4.33. The Morgan fingerprint density at radius 1 is 1.30 bits per heavy atom. The molecule has 0 aliphatic carbocycles. The highest BCUT2D eigenvalue weighted by molar-refractivity contribution is 5.85. The minimum atomic E-state index is -4.65. The predicted octanol–water partition coefficient (Wildman–Crippen LogP) is 3.19. The van der Waals surface area contributed by atoms with Crippen molar-refractivity contribution in [1.82, 2.24) is 4.90 Å². The van der Waals surface area contributed by atoms with E-state index in [1.807, 2.05) is 4.90 Å². The molecule has 0 amide bonds. The van der Waals surface area contributed by atoms with Gasteiger partial charge in [-0.1, -0.05) is 6.07 Å². The molecule has 2 rings (SSSR count). The van der Waals surface area contributed by atoms with Crippen LogP contribution in [-0.2, 0) is 12.7 Å². The van der Waals surface area contributed by atoms with E-state index in [0.29, 0.717) is 18.7 Å². The molecule has 0 spiro atoms. The first-order valence-electron chi connectivity index (χ1n) is 6.20. The zero-order valence-corrected chi connectivity index (χ0v) is 11.6. The largest absolute Gasteiger partial charge is 0.419 e. The lowest BCUT2D eigenvalue weighted by molar-refractivity contribution is -0.140. The van der Waals surface area contributed by atoms with Crippen molar-refractivity contribution in [3.63, 3.8) is 0 Å². The van der Waals surface area contributed by atoms with Gasteiger partial charge in [0, 0.05) is 19.1 Å². The van der Waals surface area contributed by atoms with Crippen LogP contribution in [0.25, 0.3) is 0 Å². The molecule has 1 heterocycles. The minimum absolute atomic E-state index is 0. The van der Waals surface area contributed by atoms with Crippen LogP contribution in [0.1, 0.15) is 24.0 Å². The normalized spacial score (nSPS) is 20.6. The maximum absolute atomic E-state index is 13.2. The number of rotatable bonds is 2. The topological polar surface area (TPSA) is 29.3 Å². The van der Waals surface area contributed by atoms with Crippen molar-refractivity contribution >= 4 is 12.4 Å². The Morgan fingerprint density at radius 3 is 2.60 bits per heavy atom. The molecule has 0 bridgehead atoms. The number of hydrogen-bond acceptors (Lipinski definition) is 2. The van der Waals surface area contributed by atoms with E-state index in [-0.39, 0.29) is 18.4 Å². The van der Waals surface area contributed by atoms with Crippen LogP contribution >= 0.6 is 12.4 Å². The second kappa shape index (κ2) is 6.74. The van der Waals surface area contributed by atoms with E-state index in [2.05, 4.69) is 0 Å². The second-order valence-corrected chi connectivity index (χ2v) is 4.95. The summed E-state index contributed by atoms with van der Waals surface area (Å²) in [4.78, 5) is 2.00. The van der Waals surface area contributed by atoms with Gasteiger partial charge in [0.15, 0.2) is 0 Å². The van der Waals surface area contributed by atoms with Gasteiger partial charge in [0.05, 0.1) is 5.56 Å². The average Bonchev–Trinajstić information content (AvgIpc) is 2.30. The predicted molar refractivity (Wildman–Crippen MR) is 71.1 cm³/mol. The molecule has 1 atom stereocenters. The lowest BCUT2D eigenvalue weighted by Crippen LogP contribution is -2.42. The maximum atomic E-state index is 13.2. The van der Waals surface area contributed by atoms with Crippen molar-refractivity contribution in [3.8, 4) is 0 Å². The smallest absolute Gasteiger partial charge is 0.327 e. The van der Waals surface area contributed by atoms with Gasteiger partial charge in [-0.25, -0.2) is 4.39 Å². The average molecular weight is 313 g/mol. The molecule has 2 nitrogen and oxygen atoms in total. The molecule has 1 aromatic carbocycles. The van der Waals surface area contributed by atoms with E-state index in [0.717, 1.165) is 31.5 Å². The van der Waals surface area contributed by atoms with Crippen LogP contribution in [0.3, 0.4) is 0 Å². The van der Waals surface area contributed by atoms with Gasteiger partial charge >= 0.3 is 6.18 Å². The Hall–Kier alpha value is -0.850. The van der Waals surface area contributed by atoms with Crippen molar-refractivity contribution in [2.24, 2.45) is 5.73 Å². The first-order valence-corrected chi connectivity index (χ1v) is 6.20. The van der Waals surface area contributed by atoms with E-state index in [1.165, 1.54) is 6.07 Å². The molecule has 0 saturated carbocycles. The summed E-state index contributed by atoms with van der Waals surface area (Å²) in [7, 11) is 0. The third-order valence-corrected chi connectivity index (χ3v) is 3.28. The highest BCUT2D eigenvalue weighted by Gasteiger charge is 2.34. The van der Waals surface area contributed by atoms with Crippen LogP contribution in [0.2, 0.25) is 0 Å². The summed E-state index contributed by atoms with van der Waals surface area (Å²) >= 11 is 0. The van der Waals surface area contributed by atoms with Crippen LogP contribution in [0.15, 0.2) is 18.2 Å². The van der Waals surface area contributed by atoms with Crippen LogP contribution in [-0.4, -0.2) is 24.0 Å². The molecule has 20 heavy (non-hydrogen) atoms. The number of hydrogen-bond donors (Lipinski definition) is 1. The van der Waals surface area contributed by atoms with E-state index in [4.69, 9.17) is 5.73 Å². The number of piperidine rings is 1. The van der Waals surface area contributed by atoms with Crippen LogP contribution in [0.5, 0.6) is 0 Å². The van der Waals surface area contributed by atoms with Gasteiger partial charge in [0.25, 0.3) is 0 Å². The minimum Gasteiger partial charge on any atom is -0.327 e. The molecule has 7 heteroatoms. The van der Waals surface area contributed by atoms with Crippen molar-refractivity contribution in [1.29, 1.82) is 0 Å². The second-order valence-electron chi connectivity index (χ2n) is 4.95. The Kier molecular flexibility index (Phi) is 5.79. The zero-order valence-electron chi connectivity index (χ0n) is 10.8. The third-order valence-electron chi connectivity index (χ3n) is 3.28. The van der Waals surface area contributed by atoms with Gasteiger partial charge in [-0.3, -0.25) is 4.90 Å². The number of alkyl halides is 3. The number of halogens is 5. The summed E-state index contributed by atoms with van der Waals surface area (Å²) in [6.45, 7) is 1.85. The van der Waals surface area contributed by atoms with E-state index >= 15 is 0 Å². The van der Waals surface area contributed by atoms with Crippen molar-refractivity contribution in [3.05, 3.63) is 35.1 Å². The molecule has 2 N–H and O–H groups in total. The van der Waals surface area contributed by atoms with Gasteiger partial charge in [-0.2, -0.15) is 13.2 Å². The summed E-state index contributed by atoms with van der Waals surface area (Å²) in [5, 5.41) is 0. The number of nitrogens with two attached hydrogens (primary N) is 1. The highest BCUT2D eigenvalue weighted by Crippen LogP contribution is 2.32. The molecule has 114 valence electrons. The van der Waals surface area contributed by atoms with Gasteiger partial charge in [0.2, 0.25) is 0 Å². The fraction of sp³-hybridized carbons (Fsp3) is 0.538. The van der Waals surface area contributed by atoms with E-state index in [1.54, 1.807) is 0 Å². The van der Waals surface area contributed by atoms with Crippen LogP contribution < -0.4 is 5.73 Å². The molecule has 1 aliphatic rings. The summed E-state index contributed by atoms with van der Waals surface area (Å²) < 4.78 is 50.9. The van der Waals surface area contributed by atoms with Crippen molar-refractivity contribution < 1.29 is 17.6 Å². The van der Waals surface area contributed by atoms with E-state index in [9.17, 15) is 17.6 Å². The quantitative estimate of drug-likeness (QED) is 0.850. The molecule has 1 aliphatic heterocycles. The molecule has 1 fully saturated rings. The fourth-order valence-corrected chi connectivity index (χ4v) is 2.38. The van der Waals surface area contributed by atoms with Crippen LogP contribution in [0, 0.1) is 5.82 Å². The Labute approximate surface area is 121 Å². The Morgan fingerprint density at radius 2 is 2.00 bits per heavy atom. The van der Waals surface area contributed by atoms with Gasteiger partial charge < -0.3 is 5.73 Å². The number of nitrogens with zero attached hydrogens (tertiary/aromatic N) is 1. The molecule has 0 aromatic heterocycles. The summed E-state index contributed by atoms with van der Waals surface area (Å²) in [5.74, 6) is -1.23. The van der Waals surface area contributed by atoms with Crippen LogP contribution in [0.4, 0.5) is 17.6 Å². The summed E-state index contributed by atoms with van der Waals surface area (Å²) in [6, 6.07) is 3.22. The van der Waals surface area contributed by atoms with Gasteiger partial charge in [0.1, 0.15) is 5.82 Å². The highest BCUT2D eigenvalue weighted by atomic mass is 35.5. The van der Waals surface area contributed by atoms with E-state index < -0.39 is 17.6 Å². The number of benzene rings is 1. The Bertz CT molecular complexity index is 450. The zero-order chi connectivity index (χ0) is 14.0. The Balaban J connectivity index is 0.00000200. The SMILES string of the molecule is Cl.NC1CCCN(Cc2ccc(F)c(C(F)(F)F)c2)C1. The first-order chi connectivity index (χ1) is 8.86. The number of likely N-dealkylation sites (tertiary alicyclic amines) is 1. The monoisotopic (exact) mass is 312 g/mol. The van der Waals surface area contributed by atoms with Gasteiger partial charge in [-0.15, -0.1) is 12.4 Å². The standard InChI is InChI=1S/C13H16F4N2.ClH/c14-12-4-3-9(6-11(12)13(15,16)17)7-19-5-1-2-10(18)8-19;/h3-4,6,10H,1-2,5,7-8,18H2;1H. The van der Waals surface area contributed by atoms with Crippen molar-refractivity contribution in [2.45, 2.75) is 31.6 Å². The fourth-order valence-electron chi connectivity index (χ4n) is 2.38. The molecule has 1 aromatic rings. The molecule has 1 unspecified atom stereocenters. The lowest BCUT2D eigenvalue weighted by atomic mass is 10.0. The van der Waals surface area contributed by atoms with Gasteiger partial charge in [-0.05, 0) is 37.1 Å².